The number of rotatable bonds is 12. The third-order valence-electron chi connectivity index (χ3n) is 5.09. The van der Waals surface area contributed by atoms with Gasteiger partial charge in [-0.1, -0.05) is 12.1 Å². The zero-order valence-electron chi connectivity index (χ0n) is 20.0. The molecule has 0 aromatic heterocycles. The lowest BCUT2D eigenvalue weighted by molar-refractivity contribution is -0.229. The smallest absolute Gasteiger partial charge is 0.408 e. The number of alkyl carbamates (subject to hydrolysis) is 1. The molecule has 0 saturated carbocycles. The largest absolute Gasteiger partial charge is 0.465 e. The molecule has 5 atom stereocenters. The monoisotopic (exact) mass is 509 g/mol. The second-order valence-electron chi connectivity index (χ2n) is 8.35. The van der Waals surface area contributed by atoms with Crippen molar-refractivity contribution in [3.8, 4) is 5.75 Å². The summed E-state index contributed by atoms with van der Waals surface area (Å²) in [6, 6.07) is 5.28. The van der Waals surface area contributed by atoms with Crippen LogP contribution in [0, 0.1) is 0 Å². The van der Waals surface area contributed by atoms with Crippen molar-refractivity contribution in [2.75, 3.05) is 6.61 Å². The Morgan fingerprint density at radius 2 is 1.94 bits per heavy atom. The molecular formula is C23H31N3O10. The first-order chi connectivity index (χ1) is 17.1. The van der Waals surface area contributed by atoms with Gasteiger partial charge in [-0.05, 0) is 38.0 Å². The average Bonchev–Trinajstić information content (AvgIpc) is 2.83. The quantitative estimate of drug-likeness (QED) is 0.130. The number of esters is 1. The highest BCUT2D eigenvalue weighted by Gasteiger charge is 2.37. The van der Waals surface area contributed by atoms with Gasteiger partial charge in [-0.15, -0.1) is 0 Å². The van der Waals surface area contributed by atoms with Gasteiger partial charge in [0.1, 0.15) is 30.6 Å². The maximum Gasteiger partial charge on any atom is 0.408 e. The molecule has 198 valence electrons. The topological polar surface area (TPSA) is 197 Å². The van der Waals surface area contributed by atoms with Gasteiger partial charge in [0.05, 0.1) is 18.8 Å². The maximum absolute atomic E-state index is 12.3. The van der Waals surface area contributed by atoms with Gasteiger partial charge in [-0.3, -0.25) is 4.79 Å². The van der Waals surface area contributed by atoms with Crippen LogP contribution in [0.1, 0.15) is 38.7 Å². The molecule has 1 fully saturated rings. The van der Waals surface area contributed by atoms with Crippen LogP contribution in [0.3, 0.4) is 0 Å². The Morgan fingerprint density at radius 3 is 2.56 bits per heavy atom. The van der Waals surface area contributed by atoms with Gasteiger partial charge >= 0.3 is 18.3 Å². The van der Waals surface area contributed by atoms with Crippen molar-refractivity contribution >= 4 is 24.1 Å². The van der Waals surface area contributed by atoms with Crippen LogP contribution in [-0.2, 0) is 30.4 Å². The van der Waals surface area contributed by atoms with Crippen LogP contribution < -0.4 is 10.1 Å². The van der Waals surface area contributed by atoms with E-state index in [2.05, 4.69) is 10.1 Å². The van der Waals surface area contributed by atoms with Crippen LogP contribution in [0.25, 0.3) is 5.53 Å². The van der Waals surface area contributed by atoms with Crippen molar-refractivity contribution in [3.05, 3.63) is 35.4 Å². The summed E-state index contributed by atoms with van der Waals surface area (Å²) in [5, 5.41) is 31.3. The van der Waals surface area contributed by atoms with Crippen molar-refractivity contribution in [2.24, 2.45) is 0 Å². The number of ketones is 1. The second kappa shape index (κ2) is 14.3. The number of carbonyl (C=O) groups excluding carboxylic acids is 3. The van der Waals surface area contributed by atoms with Crippen LogP contribution in [-0.4, -0.2) is 87.5 Å². The van der Waals surface area contributed by atoms with Crippen molar-refractivity contribution in [1.29, 1.82) is 0 Å². The number of amides is 1. The molecule has 1 aliphatic rings. The van der Waals surface area contributed by atoms with Gasteiger partial charge in [-0.2, -0.15) is 4.79 Å². The Hall–Kier alpha value is -3.35. The molecule has 4 N–H and O–H groups in total. The van der Waals surface area contributed by atoms with Gasteiger partial charge < -0.3 is 45.1 Å². The van der Waals surface area contributed by atoms with Crippen LogP contribution in [0.2, 0.25) is 0 Å². The average molecular weight is 510 g/mol. The molecule has 0 spiro atoms. The summed E-state index contributed by atoms with van der Waals surface area (Å²) in [6.07, 6.45) is -5.00. The lowest BCUT2D eigenvalue weighted by Crippen LogP contribution is -2.51. The van der Waals surface area contributed by atoms with Gasteiger partial charge in [0.15, 0.2) is 0 Å². The minimum absolute atomic E-state index is 0.0154. The number of nitrogens with one attached hydrogen (secondary N) is 1. The maximum atomic E-state index is 12.3. The molecule has 1 aromatic carbocycles. The number of aliphatic hydroxyl groups excluding tert-OH is 3. The Kier molecular flexibility index (Phi) is 11.4. The fourth-order valence-electron chi connectivity index (χ4n) is 3.27. The first-order valence-electron chi connectivity index (χ1n) is 11.3. The zero-order chi connectivity index (χ0) is 26.7. The molecule has 0 unspecified atom stereocenters. The molecule has 36 heavy (non-hydrogen) atoms. The highest BCUT2D eigenvalue weighted by molar-refractivity contribution is 6.25. The molecule has 0 aliphatic carbocycles. The summed E-state index contributed by atoms with van der Waals surface area (Å²) in [7, 11) is 0. The fourth-order valence-corrected chi connectivity index (χ4v) is 3.27. The molecule has 13 nitrogen and oxygen atoms in total. The standard InChI is InChI=1S/C23H31N3O10/c1-13(2)34-22(31)17(8-5-15(28)10-25-24)26-23(32)33-12-14-3-6-16(7-4-14)35-20-9-18(29)21(30)19(11-27)36-20/h3-4,6-7,10,13,17-21,27,29-30H,5,8-9,11-12H2,1-2H3,(H,26,32)/t17-,18+,19+,20-,21+/m0/s1. The summed E-state index contributed by atoms with van der Waals surface area (Å²) in [4.78, 5) is 38.7. The molecule has 1 amide bonds. The minimum atomic E-state index is -1.21. The summed E-state index contributed by atoms with van der Waals surface area (Å²) in [5.41, 5.74) is 9.02. The Labute approximate surface area is 207 Å². The van der Waals surface area contributed by atoms with Gasteiger partial charge in [0.2, 0.25) is 12.1 Å². The highest BCUT2D eigenvalue weighted by atomic mass is 16.7. The third-order valence-corrected chi connectivity index (χ3v) is 5.09. The van der Waals surface area contributed by atoms with E-state index in [1.54, 1.807) is 38.1 Å². The lowest BCUT2D eigenvalue weighted by atomic mass is 10.0. The molecule has 1 aliphatic heterocycles. The number of Topliss-reactive ketones (excluding diaryl/α,β-unsaturated/α-hetero) is 1. The molecule has 1 aromatic rings. The number of hydrogen-bond donors (Lipinski definition) is 4. The minimum Gasteiger partial charge on any atom is -0.465 e. The highest BCUT2D eigenvalue weighted by Crippen LogP contribution is 2.24. The van der Waals surface area contributed by atoms with Crippen LogP contribution in [0.4, 0.5) is 4.79 Å². The first kappa shape index (κ1) is 28.9. The lowest BCUT2D eigenvalue weighted by Gasteiger charge is -2.36. The van der Waals surface area contributed by atoms with E-state index in [4.69, 9.17) is 24.5 Å². The molecular weight excluding hydrogens is 478 g/mol. The summed E-state index contributed by atoms with van der Waals surface area (Å²) in [6.45, 7) is 2.67. The zero-order valence-corrected chi connectivity index (χ0v) is 20.0. The second-order valence-corrected chi connectivity index (χ2v) is 8.35. The number of hydrogen-bond acceptors (Lipinski definition) is 10. The van der Waals surface area contributed by atoms with Crippen molar-refractivity contribution < 1.29 is 53.4 Å². The Bertz CT molecular complexity index is 933. The van der Waals surface area contributed by atoms with Gasteiger partial charge in [-0.25, -0.2) is 9.59 Å². The van der Waals surface area contributed by atoms with Crippen molar-refractivity contribution in [2.45, 2.75) is 76.5 Å². The van der Waals surface area contributed by atoms with Crippen molar-refractivity contribution in [1.82, 2.24) is 5.32 Å². The predicted octanol–water partition coefficient (Wildman–Crippen LogP) is 0.0908. The number of ether oxygens (including phenoxy) is 4. The number of nitrogens with zero attached hydrogens (tertiary/aromatic N) is 2. The van der Waals surface area contributed by atoms with Crippen LogP contribution in [0.5, 0.6) is 5.75 Å². The first-order valence-corrected chi connectivity index (χ1v) is 11.3. The molecule has 2 rings (SSSR count). The molecule has 1 heterocycles. The van der Waals surface area contributed by atoms with E-state index in [0.717, 1.165) is 0 Å². The van der Waals surface area contributed by atoms with E-state index in [0.29, 0.717) is 17.5 Å². The SMILES string of the molecule is CC(C)OC(=O)[C@H](CCC(=O)C=[N+]=[N-])NC(=O)OCc1ccc(O[C@@H]2C[C@@H](O)[C@@H](O)[C@@H](CO)O2)cc1. The summed E-state index contributed by atoms with van der Waals surface area (Å²) >= 11 is 0. The van der Waals surface area contributed by atoms with Crippen LogP contribution in [0.15, 0.2) is 24.3 Å². The number of benzene rings is 1. The van der Waals surface area contributed by atoms with E-state index in [1.165, 1.54) is 0 Å². The summed E-state index contributed by atoms with van der Waals surface area (Å²) < 4.78 is 21.3. The van der Waals surface area contributed by atoms with Gasteiger partial charge in [0, 0.05) is 12.8 Å². The Balaban J connectivity index is 1.88. The Morgan fingerprint density at radius 1 is 1.25 bits per heavy atom. The number of aliphatic hydroxyl groups is 3. The predicted molar refractivity (Wildman–Crippen MR) is 122 cm³/mol. The van der Waals surface area contributed by atoms with E-state index >= 15 is 0 Å². The third kappa shape index (κ3) is 9.36. The van der Waals surface area contributed by atoms with E-state index in [9.17, 15) is 29.7 Å². The van der Waals surface area contributed by atoms with E-state index < -0.39 is 61.2 Å². The summed E-state index contributed by atoms with van der Waals surface area (Å²) in [5.74, 6) is -0.877. The molecule has 0 bridgehead atoms. The van der Waals surface area contributed by atoms with Crippen LogP contribution >= 0.6 is 0 Å². The number of carbonyl (C=O) groups is 3. The molecule has 0 radical (unpaired) electrons. The van der Waals surface area contributed by atoms with E-state index in [-0.39, 0.29) is 25.9 Å². The molecule has 1 saturated heterocycles. The fraction of sp³-hybridized carbons (Fsp3) is 0.565. The van der Waals surface area contributed by atoms with Gasteiger partial charge in [0.25, 0.3) is 0 Å². The molecule has 13 heteroatoms. The van der Waals surface area contributed by atoms with E-state index in [1.807, 2.05) is 0 Å². The normalized spacial score (nSPS) is 22.2. The van der Waals surface area contributed by atoms with Crippen molar-refractivity contribution in [3.63, 3.8) is 0 Å².